The molecule has 0 saturated heterocycles. The van der Waals surface area contributed by atoms with Gasteiger partial charge in [-0.15, -0.1) is 0 Å². The summed E-state index contributed by atoms with van der Waals surface area (Å²) in [6, 6.07) is 31.9. The summed E-state index contributed by atoms with van der Waals surface area (Å²) < 4.78 is 29.6. The number of benzene rings is 4. The molecule has 0 aliphatic heterocycles. The summed E-state index contributed by atoms with van der Waals surface area (Å²) in [7, 11) is -4.15. The van der Waals surface area contributed by atoms with Gasteiger partial charge < -0.3 is 10.2 Å². The van der Waals surface area contributed by atoms with Gasteiger partial charge in [0, 0.05) is 19.0 Å². The third kappa shape index (κ3) is 8.85. The Morgan fingerprint density at radius 1 is 0.761 bits per heavy atom. The Hall–Kier alpha value is -4.43. The fourth-order valence-corrected chi connectivity index (χ4v) is 6.58. The number of anilines is 1. The van der Waals surface area contributed by atoms with E-state index < -0.39 is 28.5 Å². The summed E-state index contributed by atoms with van der Waals surface area (Å²) in [6.07, 6.45) is 1.00. The zero-order valence-corrected chi connectivity index (χ0v) is 28.2. The molecule has 2 amide bonds. The van der Waals surface area contributed by atoms with E-state index >= 15 is 0 Å². The number of amides is 2. The van der Waals surface area contributed by atoms with Crippen molar-refractivity contribution in [2.45, 2.75) is 76.9 Å². The topological polar surface area (TPSA) is 86.8 Å². The lowest BCUT2D eigenvalue weighted by Crippen LogP contribution is -2.54. The lowest BCUT2D eigenvalue weighted by Gasteiger charge is -2.34. The number of aryl methyl sites for hydroxylation is 1. The Morgan fingerprint density at radius 2 is 1.33 bits per heavy atom. The molecule has 2 atom stereocenters. The van der Waals surface area contributed by atoms with Crippen LogP contribution < -0.4 is 9.62 Å². The standard InChI is InChI=1S/C38H45N3O4S/c1-6-30(5)39-38(43)36(25-31-13-9-7-10-14-31)40(26-32-15-11-8-12-16-32)37(42)27-41(34-21-19-33(20-22-34)28(2)3)46(44,45)35-23-17-29(4)18-24-35/h7-24,28,30,36H,6,25-27H2,1-5H3,(H,39,43)/t30-,36+/m0/s1. The number of nitrogens with one attached hydrogen (secondary N) is 1. The first-order valence-corrected chi connectivity index (χ1v) is 17.3. The molecule has 0 heterocycles. The van der Waals surface area contributed by atoms with Crippen molar-refractivity contribution in [3.63, 3.8) is 0 Å². The maximum Gasteiger partial charge on any atom is 0.264 e. The van der Waals surface area contributed by atoms with Crippen molar-refractivity contribution in [1.29, 1.82) is 0 Å². The lowest BCUT2D eigenvalue weighted by atomic mass is 10.0. The highest BCUT2D eigenvalue weighted by molar-refractivity contribution is 7.92. The Bertz CT molecular complexity index is 1670. The minimum atomic E-state index is -4.15. The molecule has 7 nitrogen and oxygen atoms in total. The van der Waals surface area contributed by atoms with E-state index in [1.54, 1.807) is 36.4 Å². The van der Waals surface area contributed by atoms with Crippen molar-refractivity contribution in [2.75, 3.05) is 10.8 Å². The van der Waals surface area contributed by atoms with Gasteiger partial charge >= 0.3 is 0 Å². The molecule has 0 saturated carbocycles. The molecule has 0 aromatic heterocycles. The molecular formula is C38H45N3O4S. The van der Waals surface area contributed by atoms with Crippen LogP contribution in [0.25, 0.3) is 0 Å². The number of carbonyl (C=O) groups excluding carboxylic acids is 2. The molecular weight excluding hydrogens is 595 g/mol. The largest absolute Gasteiger partial charge is 0.352 e. The van der Waals surface area contributed by atoms with Crippen LogP contribution in [0.1, 0.15) is 62.3 Å². The highest BCUT2D eigenvalue weighted by Crippen LogP contribution is 2.27. The van der Waals surface area contributed by atoms with Crippen LogP contribution in [-0.4, -0.2) is 43.8 Å². The second kappa shape index (κ2) is 15.7. The predicted molar refractivity (Wildman–Crippen MR) is 185 cm³/mol. The first-order valence-electron chi connectivity index (χ1n) is 15.9. The van der Waals surface area contributed by atoms with Crippen molar-refractivity contribution in [2.24, 2.45) is 0 Å². The average Bonchev–Trinajstić information content (AvgIpc) is 3.06. The van der Waals surface area contributed by atoms with E-state index in [9.17, 15) is 18.0 Å². The van der Waals surface area contributed by atoms with Crippen LogP contribution in [0.5, 0.6) is 0 Å². The van der Waals surface area contributed by atoms with Crippen LogP contribution in [-0.2, 0) is 32.6 Å². The maximum atomic E-state index is 14.6. The van der Waals surface area contributed by atoms with E-state index in [1.165, 1.54) is 4.90 Å². The summed E-state index contributed by atoms with van der Waals surface area (Å²) in [6.45, 7) is 9.60. The van der Waals surface area contributed by atoms with E-state index in [0.717, 1.165) is 33.0 Å². The first kappa shape index (κ1) is 34.4. The Kier molecular flexibility index (Phi) is 11.8. The maximum absolute atomic E-state index is 14.6. The van der Waals surface area contributed by atoms with Crippen LogP contribution in [0.2, 0.25) is 0 Å². The van der Waals surface area contributed by atoms with Crippen molar-refractivity contribution in [3.05, 3.63) is 131 Å². The average molecular weight is 640 g/mol. The van der Waals surface area contributed by atoms with Gasteiger partial charge in [0.2, 0.25) is 11.8 Å². The van der Waals surface area contributed by atoms with Gasteiger partial charge in [-0.25, -0.2) is 8.42 Å². The third-order valence-corrected chi connectivity index (χ3v) is 9.99. The summed E-state index contributed by atoms with van der Waals surface area (Å²) in [5.74, 6) is -0.508. The van der Waals surface area contributed by atoms with Gasteiger partial charge in [0.25, 0.3) is 10.0 Å². The number of hydrogen-bond donors (Lipinski definition) is 1. The van der Waals surface area contributed by atoms with Gasteiger partial charge in [-0.3, -0.25) is 13.9 Å². The first-order chi connectivity index (χ1) is 22.0. The number of sulfonamides is 1. The van der Waals surface area contributed by atoms with Crippen LogP contribution >= 0.6 is 0 Å². The quantitative estimate of drug-likeness (QED) is 0.163. The summed E-state index contributed by atoms with van der Waals surface area (Å²) in [4.78, 5) is 30.1. The second-order valence-corrected chi connectivity index (χ2v) is 14.0. The van der Waals surface area contributed by atoms with E-state index in [2.05, 4.69) is 19.2 Å². The van der Waals surface area contributed by atoms with Crippen molar-refractivity contribution in [3.8, 4) is 0 Å². The molecule has 0 aliphatic carbocycles. The van der Waals surface area contributed by atoms with Crippen molar-refractivity contribution < 1.29 is 18.0 Å². The zero-order chi connectivity index (χ0) is 33.3. The molecule has 0 bridgehead atoms. The molecule has 4 aromatic rings. The molecule has 46 heavy (non-hydrogen) atoms. The molecule has 0 unspecified atom stereocenters. The van der Waals surface area contributed by atoms with E-state index in [-0.39, 0.29) is 35.7 Å². The number of carbonyl (C=O) groups is 2. The molecule has 4 aromatic carbocycles. The minimum absolute atomic E-state index is 0.0868. The minimum Gasteiger partial charge on any atom is -0.352 e. The molecule has 242 valence electrons. The summed E-state index contributed by atoms with van der Waals surface area (Å²) >= 11 is 0. The van der Waals surface area contributed by atoms with Gasteiger partial charge in [0.15, 0.2) is 0 Å². The zero-order valence-electron chi connectivity index (χ0n) is 27.4. The summed E-state index contributed by atoms with van der Waals surface area (Å²) in [5, 5.41) is 3.07. The van der Waals surface area contributed by atoms with E-state index in [0.29, 0.717) is 5.69 Å². The third-order valence-electron chi connectivity index (χ3n) is 8.20. The number of rotatable bonds is 14. The second-order valence-electron chi connectivity index (χ2n) is 12.1. The van der Waals surface area contributed by atoms with Gasteiger partial charge in [-0.05, 0) is 67.1 Å². The lowest BCUT2D eigenvalue weighted by molar-refractivity contribution is -0.140. The molecule has 0 spiro atoms. The van der Waals surface area contributed by atoms with Crippen molar-refractivity contribution >= 4 is 27.5 Å². The molecule has 1 N–H and O–H groups in total. The van der Waals surface area contributed by atoms with Crippen LogP contribution in [0.15, 0.2) is 114 Å². The molecule has 0 radical (unpaired) electrons. The van der Waals surface area contributed by atoms with Gasteiger partial charge in [0.05, 0.1) is 10.6 Å². The fraction of sp³-hybridized carbons (Fsp3) is 0.316. The van der Waals surface area contributed by atoms with Crippen LogP contribution in [0, 0.1) is 6.92 Å². The normalized spacial score (nSPS) is 12.7. The molecule has 0 fully saturated rings. The van der Waals surface area contributed by atoms with Gasteiger partial charge in [-0.2, -0.15) is 0 Å². The summed E-state index contributed by atoms with van der Waals surface area (Å²) in [5.41, 5.74) is 4.08. The smallest absolute Gasteiger partial charge is 0.264 e. The Labute approximate surface area is 274 Å². The van der Waals surface area contributed by atoms with E-state index in [1.807, 2.05) is 93.6 Å². The highest BCUT2D eigenvalue weighted by atomic mass is 32.2. The highest BCUT2D eigenvalue weighted by Gasteiger charge is 2.35. The van der Waals surface area contributed by atoms with E-state index in [4.69, 9.17) is 0 Å². The fourth-order valence-electron chi connectivity index (χ4n) is 5.17. The van der Waals surface area contributed by atoms with Gasteiger partial charge in [0.1, 0.15) is 12.6 Å². The molecule has 4 rings (SSSR count). The van der Waals surface area contributed by atoms with Gasteiger partial charge in [-0.1, -0.05) is 111 Å². The number of nitrogens with zero attached hydrogens (tertiary/aromatic N) is 2. The SMILES string of the molecule is CC[C@H](C)NC(=O)[C@@H](Cc1ccccc1)N(Cc1ccccc1)C(=O)CN(c1ccc(C(C)C)cc1)S(=O)(=O)c1ccc(C)cc1. The number of hydrogen-bond acceptors (Lipinski definition) is 4. The van der Waals surface area contributed by atoms with Crippen molar-refractivity contribution in [1.82, 2.24) is 10.2 Å². The molecule has 8 heteroatoms. The van der Waals surface area contributed by atoms with Crippen LogP contribution in [0.3, 0.4) is 0 Å². The Morgan fingerprint density at radius 3 is 1.87 bits per heavy atom. The predicted octanol–water partition coefficient (Wildman–Crippen LogP) is 6.87. The monoisotopic (exact) mass is 639 g/mol. The molecule has 0 aliphatic rings. The van der Waals surface area contributed by atoms with Crippen LogP contribution in [0.4, 0.5) is 5.69 Å². The Balaban J connectivity index is 1.80.